The Kier molecular flexibility index (Phi) is 3.61. The molecule has 0 aromatic rings. The maximum absolute atomic E-state index is 12.8. The summed E-state index contributed by atoms with van der Waals surface area (Å²) >= 11 is 3.96. The molecular weight excluding hydrogens is 332 g/mol. The standard InChI is InChI=1S/C17H25BrO3/c18-17-8-12-5-13(9-17)7-16(6-12,11-17)15(19)21-10-14-3-1-2-4-20-14/h12-14H,1-11H2. The van der Waals surface area contributed by atoms with Crippen LogP contribution >= 0.6 is 15.9 Å². The van der Waals surface area contributed by atoms with Crippen LogP contribution < -0.4 is 0 Å². The SMILES string of the molecule is O=C(OCC1CCCCO1)C12CC3CC(CC(Br)(C3)C1)C2. The van der Waals surface area contributed by atoms with E-state index in [1.807, 2.05) is 0 Å². The van der Waals surface area contributed by atoms with Crippen LogP contribution in [0, 0.1) is 17.3 Å². The van der Waals surface area contributed by atoms with E-state index in [-0.39, 0.29) is 21.8 Å². The molecule has 1 aliphatic heterocycles. The number of alkyl halides is 1. The number of carbonyl (C=O) groups excluding carboxylic acids is 1. The van der Waals surface area contributed by atoms with Gasteiger partial charge in [-0.25, -0.2) is 0 Å². The first-order valence-corrected chi connectivity index (χ1v) is 9.34. The van der Waals surface area contributed by atoms with Crippen molar-refractivity contribution in [1.82, 2.24) is 0 Å². The molecule has 0 radical (unpaired) electrons. The number of ether oxygens (including phenoxy) is 2. The number of halogens is 1. The second-order valence-corrected chi connectivity index (χ2v) is 9.66. The van der Waals surface area contributed by atoms with Crippen LogP contribution in [0.25, 0.3) is 0 Å². The van der Waals surface area contributed by atoms with Crippen LogP contribution in [0.15, 0.2) is 0 Å². The van der Waals surface area contributed by atoms with E-state index in [0.29, 0.717) is 6.61 Å². The Morgan fingerprint density at radius 1 is 1.19 bits per heavy atom. The van der Waals surface area contributed by atoms with Gasteiger partial charge < -0.3 is 9.47 Å². The maximum Gasteiger partial charge on any atom is 0.312 e. The van der Waals surface area contributed by atoms with Gasteiger partial charge in [0.05, 0.1) is 11.5 Å². The van der Waals surface area contributed by atoms with Gasteiger partial charge in [0, 0.05) is 10.9 Å². The summed E-state index contributed by atoms with van der Waals surface area (Å²) in [5.74, 6) is 1.52. The summed E-state index contributed by atoms with van der Waals surface area (Å²) in [6, 6.07) is 0. The molecule has 118 valence electrons. The second kappa shape index (κ2) is 5.23. The Bertz CT molecular complexity index is 416. The fourth-order valence-corrected chi connectivity index (χ4v) is 7.10. The number of esters is 1. The Balaban J connectivity index is 1.41. The van der Waals surface area contributed by atoms with Gasteiger partial charge in [-0.3, -0.25) is 4.79 Å². The molecule has 5 rings (SSSR count). The van der Waals surface area contributed by atoms with E-state index in [1.165, 1.54) is 25.7 Å². The molecule has 0 N–H and O–H groups in total. The molecule has 4 saturated carbocycles. The molecule has 1 saturated heterocycles. The second-order valence-electron chi connectivity index (χ2n) is 7.98. The zero-order valence-corrected chi connectivity index (χ0v) is 14.2. The minimum atomic E-state index is -0.192. The molecule has 4 aliphatic carbocycles. The van der Waals surface area contributed by atoms with E-state index < -0.39 is 0 Å². The van der Waals surface area contributed by atoms with Crippen molar-refractivity contribution >= 4 is 21.9 Å². The Hall–Kier alpha value is -0.0900. The monoisotopic (exact) mass is 356 g/mol. The van der Waals surface area contributed by atoms with E-state index in [4.69, 9.17) is 9.47 Å². The van der Waals surface area contributed by atoms with E-state index in [0.717, 1.165) is 50.5 Å². The highest BCUT2D eigenvalue weighted by molar-refractivity contribution is 9.10. The van der Waals surface area contributed by atoms with Crippen LogP contribution in [0.3, 0.4) is 0 Å². The molecular formula is C17H25BrO3. The van der Waals surface area contributed by atoms with Crippen molar-refractivity contribution in [3.8, 4) is 0 Å². The Labute approximate surface area is 135 Å². The predicted molar refractivity (Wildman–Crippen MR) is 83.3 cm³/mol. The van der Waals surface area contributed by atoms with E-state index in [9.17, 15) is 4.79 Å². The summed E-state index contributed by atoms with van der Waals surface area (Å²) in [4.78, 5) is 12.8. The van der Waals surface area contributed by atoms with E-state index in [2.05, 4.69) is 15.9 Å². The largest absolute Gasteiger partial charge is 0.463 e. The fraction of sp³-hybridized carbons (Fsp3) is 0.941. The van der Waals surface area contributed by atoms with Crippen molar-refractivity contribution in [3.05, 3.63) is 0 Å². The molecule has 0 spiro atoms. The van der Waals surface area contributed by atoms with Crippen molar-refractivity contribution in [1.29, 1.82) is 0 Å². The van der Waals surface area contributed by atoms with Crippen LogP contribution in [0.1, 0.15) is 57.8 Å². The average molecular weight is 357 g/mol. The number of hydrogen-bond donors (Lipinski definition) is 0. The molecule has 3 nitrogen and oxygen atoms in total. The van der Waals surface area contributed by atoms with Gasteiger partial charge in [0.1, 0.15) is 6.61 Å². The Morgan fingerprint density at radius 3 is 2.57 bits per heavy atom. The molecule has 0 aromatic heterocycles. The van der Waals surface area contributed by atoms with Crippen LogP contribution in [-0.2, 0) is 14.3 Å². The fourth-order valence-electron chi connectivity index (χ4n) is 5.65. The molecule has 5 aliphatic rings. The summed E-state index contributed by atoms with van der Waals surface area (Å²) < 4.78 is 11.6. The molecule has 4 bridgehead atoms. The zero-order valence-electron chi connectivity index (χ0n) is 12.6. The molecule has 3 atom stereocenters. The van der Waals surface area contributed by atoms with Gasteiger partial charge in [-0.1, -0.05) is 15.9 Å². The first-order valence-electron chi connectivity index (χ1n) is 8.55. The normalized spacial score (nSPS) is 48.3. The maximum atomic E-state index is 12.8. The minimum Gasteiger partial charge on any atom is -0.463 e. The lowest BCUT2D eigenvalue weighted by Crippen LogP contribution is -2.56. The molecule has 4 heteroatoms. The Morgan fingerprint density at radius 2 is 1.95 bits per heavy atom. The highest BCUT2D eigenvalue weighted by Crippen LogP contribution is 2.64. The van der Waals surface area contributed by atoms with Gasteiger partial charge in [-0.2, -0.15) is 0 Å². The molecule has 5 fully saturated rings. The summed E-state index contributed by atoms with van der Waals surface area (Å²) in [6.07, 6.45) is 10.4. The highest BCUT2D eigenvalue weighted by Gasteiger charge is 2.60. The number of hydrogen-bond acceptors (Lipinski definition) is 3. The molecule has 21 heavy (non-hydrogen) atoms. The predicted octanol–water partition coefficient (Wildman–Crippen LogP) is 3.83. The van der Waals surface area contributed by atoms with Crippen LogP contribution in [-0.4, -0.2) is 29.6 Å². The van der Waals surface area contributed by atoms with Crippen LogP contribution in [0.2, 0.25) is 0 Å². The highest BCUT2D eigenvalue weighted by atomic mass is 79.9. The lowest BCUT2D eigenvalue weighted by atomic mass is 9.49. The molecule has 1 heterocycles. The lowest BCUT2D eigenvalue weighted by Gasteiger charge is -2.58. The summed E-state index contributed by atoms with van der Waals surface area (Å²) in [5, 5.41) is 0. The summed E-state index contributed by atoms with van der Waals surface area (Å²) in [6.45, 7) is 1.28. The summed E-state index contributed by atoms with van der Waals surface area (Å²) in [5.41, 5.74) is -0.192. The van der Waals surface area contributed by atoms with Gasteiger partial charge in [-0.15, -0.1) is 0 Å². The van der Waals surface area contributed by atoms with Gasteiger partial charge in [-0.05, 0) is 69.6 Å². The third-order valence-corrected chi connectivity index (χ3v) is 7.02. The third-order valence-electron chi connectivity index (χ3n) is 6.10. The molecule has 0 amide bonds. The van der Waals surface area contributed by atoms with Crippen molar-refractivity contribution in [2.24, 2.45) is 17.3 Å². The smallest absolute Gasteiger partial charge is 0.312 e. The van der Waals surface area contributed by atoms with Gasteiger partial charge in [0.15, 0.2) is 0 Å². The average Bonchev–Trinajstić information content (AvgIpc) is 2.43. The third kappa shape index (κ3) is 2.67. The zero-order chi connectivity index (χ0) is 14.5. The van der Waals surface area contributed by atoms with Crippen molar-refractivity contribution < 1.29 is 14.3 Å². The number of rotatable bonds is 3. The topological polar surface area (TPSA) is 35.5 Å². The molecule has 0 aromatic carbocycles. The minimum absolute atomic E-state index is 0.0644. The van der Waals surface area contributed by atoms with E-state index in [1.54, 1.807) is 0 Å². The van der Waals surface area contributed by atoms with Gasteiger partial charge in [0.25, 0.3) is 0 Å². The summed E-state index contributed by atoms with van der Waals surface area (Å²) in [7, 11) is 0. The van der Waals surface area contributed by atoms with Crippen molar-refractivity contribution in [3.63, 3.8) is 0 Å². The first kappa shape index (κ1) is 14.5. The number of carbonyl (C=O) groups is 1. The van der Waals surface area contributed by atoms with Crippen LogP contribution in [0.4, 0.5) is 0 Å². The first-order chi connectivity index (χ1) is 10.1. The quantitative estimate of drug-likeness (QED) is 0.569. The van der Waals surface area contributed by atoms with Gasteiger partial charge in [0.2, 0.25) is 0 Å². The lowest BCUT2D eigenvalue weighted by molar-refractivity contribution is -0.174. The van der Waals surface area contributed by atoms with Crippen LogP contribution in [0.5, 0.6) is 0 Å². The molecule has 3 unspecified atom stereocenters. The van der Waals surface area contributed by atoms with Crippen molar-refractivity contribution in [2.75, 3.05) is 13.2 Å². The van der Waals surface area contributed by atoms with Crippen molar-refractivity contribution in [2.45, 2.75) is 68.2 Å². The van der Waals surface area contributed by atoms with E-state index >= 15 is 0 Å². The van der Waals surface area contributed by atoms with Gasteiger partial charge >= 0.3 is 5.97 Å².